The zero-order chi connectivity index (χ0) is 10.4. The molecular weight excluding hydrogens is 176 g/mol. The maximum Gasteiger partial charge on any atom is 0.243 e. The van der Waals surface area contributed by atoms with E-state index >= 15 is 0 Å². The summed E-state index contributed by atoms with van der Waals surface area (Å²) >= 11 is 0. The Labute approximate surface area is 83.8 Å². The van der Waals surface area contributed by atoms with Crippen molar-refractivity contribution in [1.82, 2.24) is 5.32 Å². The van der Waals surface area contributed by atoms with Crippen molar-refractivity contribution >= 4 is 11.6 Å². The molecule has 1 amide bonds. The van der Waals surface area contributed by atoms with E-state index in [0.29, 0.717) is 6.54 Å². The lowest BCUT2D eigenvalue weighted by Crippen LogP contribution is -2.20. The number of benzene rings is 1. The van der Waals surface area contributed by atoms with Crippen LogP contribution in [0.5, 0.6) is 0 Å². The van der Waals surface area contributed by atoms with Crippen LogP contribution < -0.4 is 10.6 Å². The summed E-state index contributed by atoms with van der Waals surface area (Å²) in [6.45, 7) is 3.90. The van der Waals surface area contributed by atoms with E-state index in [4.69, 9.17) is 0 Å². The fourth-order valence-electron chi connectivity index (χ4n) is 1.17. The van der Waals surface area contributed by atoms with Crippen molar-refractivity contribution in [2.24, 2.45) is 0 Å². The van der Waals surface area contributed by atoms with E-state index in [9.17, 15) is 4.79 Å². The van der Waals surface area contributed by atoms with Crippen molar-refractivity contribution in [2.45, 2.75) is 6.54 Å². The maximum atomic E-state index is 10.9. The molecule has 0 saturated heterocycles. The largest absolute Gasteiger partial charge is 0.388 e. The van der Waals surface area contributed by atoms with Crippen LogP contribution in [0, 0.1) is 0 Å². The molecule has 0 unspecified atom stereocenters. The first-order valence-electron chi connectivity index (χ1n) is 4.44. The molecule has 0 radical (unpaired) electrons. The molecule has 0 aliphatic rings. The molecule has 0 heterocycles. The number of anilines is 1. The molecule has 0 aromatic heterocycles. The van der Waals surface area contributed by atoms with E-state index in [0.717, 1.165) is 11.3 Å². The van der Waals surface area contributed by atoms with Crippen LogP contribution in [0.2, 0.25) is 0 Å². The Bertz CT molecular complexity index is 334. The van der Waals surface area contributed by atoms with Gasteiger partial charge in [0.15, 0.2) is 0 Å². The number of carbonyl (C=O) groups is 1. The van der Waals surface area contributed by atoms with Gasteiger partial charge in [-0.2, -0.15) is 0 Å². The summed E-state index contributed by atoms with van der Waals surface area (Å²) in [4.78, 5) is 10.9. The highest BCUT2D eigenvalue weighted by atomic mass is 16.1. The third-order valence-corrected chi connectivity index (χ3v) is 1.93. The van der Waals surface area contributed by atoms with Crippen LogP contribution in [0.1, 0.15) is 5.56 Å². The molecule has 0 atom stereocenters. The predicted molar refractivity (Wildman–Crippen MR) is 58.0 cm³/mol. The van der Waals surface area contributed by atoms with Gasteiger partial charge < -0.3 is 10.6 Å². The minimum atomic E-state index is -0.157. The molecule has 0 saturated carbocycles. The molecule has 0 spiro atoms. The normalized spacial score (nSPS) is 9.21. The van der Waals surface area contributed by atoms with Gasteiger partial charge in [0.2, 0.25) is 5.91 Å². The van der Waals surface area contributed by atoms with Gasteiger partial charge in [0.1, 0.15) is 0 Å². The maximum absolute atomic E-state index is 10.9. The minimum absolute atomic E-state index is 0.157. The second kappa shape index (κ2) is 5.07. The Balaban J connectivity index is 2.66. The van der Waals surface area contributed by atoms with Crippen LogP contribution in [0.3, 0.4) is 0 Å². The van der Waals surface area contributed by atoms with Crippen molar-refractivity contribution in [1.29, 1.82) is 0 Å². The van der Waals surface area contributed by atoms with E-state index in [2.05, 4.69) is 17.2 Å². The number of rotatable bonds is 4. The molecule has 0 aliphatic carbocycles. The van der Waals surface area contributed by atoms with Crippen molar-refractivity contribution < 1.29 is 4.79 Å². The number of carbonyl (C=O) groups excluding carboxylic acids is 1. The molecular formula is C11H14N2O. The van der Waals surface area contributed by atoms with Gasteiger partial charge >= 0.3 is 0 Å². The average molecular weight is 190 g/mol. The van der Waals surface area contributed by atoms with Crippen molar-refractivity contribution in [2.75, 3.05) is 12.4 Å². The van der Waals surface area contributed by atoms with Crippen LogP contribution in [-0.4, -0.2) is 13.0 Å². The van der Waals surface area contributed by atoms with Crippen LogP contribution in [0.4, 0.5) is 5.69 Å². The lowest BCUT2D eigenvalue weighted by molar-refractivity contribution is -0.116. The summed E-state index contributed by atoms with van der Waals surface area (Å²) in [7, 11) is 1.86. The lowest BCUT2D eigenvalue weighted by atomic mass is 10.2. The highest BCUT2D eigenvalue weighted by Gasteiger charge is 2.00. The quantitative estimate of drug-likeness (QED) is 0.707. The van der Waals surface area contributed by atoms with Crippen molar-refractivity contribution in [3.8, 4) is 0 Å². The third kappa shape index (κ3) is 2.62. The summed E-state index contributed by atoms with van der Waals surface area (Å²) in [5.41, 5.74) is 2.09. The van der Waals surface area contributed by atoms with Gasteiger partial charge in [-0.15, -0.1) is 0 Å². The van der Waals surface area contributed by atoms with Gasteiger partial charge in [-0.1, -0.05) is 24.8 Å². The summed E-state index contributed by atoms with van der Waals surface area (Å²) in [5, 5.41) is 5.79. The zero-order valence-corrected chi connectivity index (χ0v) is 8.21. The number of para-hydroxylation sites is 1. The molecule has 1 aromatic carbocycles. The summed E-state index contributed by atoms with van der Waals surface area (Å²) in [5.74, 6) is -0.157. The molecule has 2 N–H and O–H groups in total. The fraction of sp³-hybridized carbons (Fsp3) is 0.182. The van der Waals surface area contributed by atoms with E-state index in [-0.39, 0.29) is 5.91 Å². The van der Waals surface area contributed by atoms with Gasteiger partial charge in [0.25, 0.3) is 0 Å². The first-order chi connectivity index (χ1) is 6.77. The topological polar surface area (TPSA) is 41.1 Å². The van der Waals surface area contributed by atoms with Crippen LogP contribution >= 0.6 is 0 Å². The van der Waals surface area contributed by atoms with Gasteiger partial charge in [0, 0.05) is 19.3 Å². The molecule has 0 fully saturated rings. The average Bonchev–Trinajstić information content (AvgIpc) is 2.26. The van der Waals surface area contributed by atoms with Crippen molar-refractivity contribution in [3.63, 3.8) is 0 Å². The molecule has 1 rings (SSSR count). The van der Waals surface area contributed by atoms with E-state index in [1.807, 2.05) is 31.3 Å². The Morgan fingerprint density at radius 2 is 2.21 bits per heavy atom. The van der Waals surface area contributed by atoms with Crippen LogP contribution in [0.25, 0.3) is 0 Å². The summed E-state index contributed by atoms with van der Waals surface area (Å²) in [6.07, 6.45) is 1.27. The minimum Gasteiger partial charge on any atom is -0.388 e. The predicted octanol–water partition coefficient (Wildman–Crippen LogP) is 1.53. The first-order valence-corrected chi connectivity index (χ1v) is 4.44. The fourth-order valence-corrected chi connectivity index (χ4v) is 1.17. The van der Waals surface area contributed by atoms with Crippen LogP contribution in [0.15, 0.2) is 36.9 Å². The number of hydrogen-bond acceptors (Lipinski definition) is 2. The molecule has 3 nitrogen and oxygen atoms in total. The van der Waals surface area contributed by atoms with Gasteiger partial charge in [-0.05, 0) is 17.7 Å². The Hall–Kier alpha value is -1.77. The number of hydrogen-bond donors (Lipinski definition) is 2. The van der Waals surface area contributed by atoms with E-state index in [1.165, 1.54) is 6.08 Å². The highest BCUT2D eigenvalue weighted by molar-refractivity contribution is 5.86. The second-order valence-corrected chi connectivity index (χ2v) is 2.83. The number of nitrogens with one attached hydrogen (secondary N) is 2. The highest BCUT2D eigenvalue weighted by Crippen LogP contribution is 2.13. The van der Waals surface area contributed by atoms with Gasteiger partial charge in [0.05, 0.1) is 0 Å². The molecule has 1 aromatic rings. The lowest BCUT2D eigenvalue weighted by Gasteiger charge is -2.08. The van der Waals surface area contributed by atoms with E-state index in [1.54, 1.807) is 0 Å². The smallest absolute Gasteiger partial charge is 0.243 e. The molecule has 74 valence electrons. The van der Waals surface area contributed by atoms with Gasteiger partial charge in [-0.25, -0.2) is 0 Å². The third-order valence-electron chi connectivity index (χ3n) is 1.93. The number of amides is 1. The Kier molecular flexibility index (Phi) is 3.73. The molecule has 0 bridgehead atoms. The SMILES string of the molecule is C=CC(=O)NCc1ccccc1NC. The van der Waals surface area contributed by atoms with Crippen LogP contribution in [-0.2, 0) is 11.3 Å². The summed E-state index contributed by atoms with van der Waals surface area (Å²) < 4.78 is 0. The Morgan fingerprint density at radius 1 is 1.50 bits per heavy atom. The molecule has 3 heteroatoms. The zero-order valence-electron chi connectivity index (χ0n) is 8.21. The van der Waals surface area contributed by atoms with Gasteiger partial charge in [-0.3, -0.25) is 4.79 Å². The standard InChI is InChI=1S/C11H14N2O/c1-3-11(14)13-8-9-6-4-5-7-10(9)12-2/h3-7,12H,1,8H2,2H3,(H,13,14). The Morgan fingerprint density at radius 3 is 2.86 bits per heavy atom. The van der Waals surface area contributed by atoms with Crippen molar-refractivity contribution in [3.05, 3.63) is 42.5 Å². The molecule has 14 heavy (non-hydrogen) atoms. The van der Waals surface area contributed by atoms with E-state index < -0.39 is 0 Å². The second-order valence-electron chi connectivity index (χ2n) is 2.83. The first kappa shape index (κ1) is 10.3. The summed E-state index contributed by atoms with van der Waals surface area (Å²) in [6, 6.07) is 7.82. The molecule has 0 aliphatic heterocycles. The monoisotopic (exact) mass is 190 g/mol.